The topological polar surface area (TPSA) is 435 Å². The Balaban J connectivity index is 1.40. The van der Waals surface area contributed by atoms with Crippen LogP contribution in [0.15, 0.2) is 96.1 Å². The van der Waals surface area contributed by atoms with Gasteiger partial charge in [-0.2, -0.15) is 0 Å². The number of unbranched alkanes of at least 4 members (excludes halogenated alkanes) is 1. The quantitative estimate of drug-likeness (QED) is 0.0266. The number of aromatic amines is 1. The van der Waals surface area contributed by atoms with Crippen molar-refractivity contribution < 1.29 is 57.5 Å². The van der Waals surface area contributed by atoms with E-state index in [1.54, 1.807) is 98.8 Å². The lowest BCUT2D eigenvalue weighted by Gasteiger charge is -2.28. The van der Waals surface area contributed by atoms with Gasteiger partial charge < -0.3 is 80.3 Å². The van der Waals surface area contributed by atoms with Gasteiger partial charge in [-0.15, -0.1) is 0 Å². The molecule has 0 bridgehead atoms. The van der Waals surface area contributed by atoms with Crippen LogP contribution in [-0.2, 0) is 70.4 Å². The lowest BCUT2D eigenvalue weighted by molar-refractivity contribution is -0.140. The summed E-state index contributed by atoms with van der Waals surface area (Å²) >= 11 is 0. The van der Waals surface area contributed by atoms with Gasteiger partial charge in [0.05, 0.1) is 13.0 Å². The van der Waals surface area contributed by atoms with Crippen LogP contribution < -0.4 is 70.4 Å². The van der Waals surface area contributed by atoms with Crippen LogP contribution in [0.3, 0.4) is 0 Å². The molecule has 0 aliphatic carbocycles. The number of hydrogen-bond donors (Lipinski definition) is 14. The van der Waals surface area contributed by atoms with Crippen molar-refractivity contribution in [1.82, 2.24) is 63.1 Å². The Morgan fingerprint density at radius 2 is 1.30 bits per heavy atom. The molecule has 6 rings (SSSR count). The van der Waals surface area contributed by atoms with Crippen molar-refractivity contribution in [3.8, 4) is 0 Å². The van der Waals surface area contributed by atoms with Crippen LogP contribution in [-0.4, -0.2) is 161 Å². The molecule has 28 heteroatoms. The number of carbonyl (C=O) groups is 12. The molecule has 92 heavy (non-hydrogen) atoms. The molecule has 2 saturated heterocycles. The van der Waals surface area contributed by atoms with Crippen LogP contribution in [0.5, 0.6) is 0 Å². The minimum Gasteiger partial charge on any atom is -0.370 e. The number of rotatable bonds is 22. The van der Waals surface area contributed by atoms with Gasteiger partial charge in [-0.3, -0.25) is 62.5 Å². The van der Waals surface area contributed by atoms with Crippen LogP contribution in [0, 0.1) is 5.92 Å². The van der Waals surface area contributed by atoms with Crippen molar-refractivity contribution in [3.63, 3.8) is 0 Å². The molecule has 0 radical (unpaired) electrons. The standard InChI is InChI=1S/C64H88N16O12/c1-5-6-24-45(72-38(4)81)57(86)77-49-34-51(82)68-29-16-15-26-44(56(85)71-36-52(83)80-31-18-28-50(80)62(91)78-53(37(2)3)55(65)84)74-63(92)54(42-35-70-43-25-14-13-23-41(42)43)79-58(87)46(27-17-30-69-64(66)67)73-59(88)47(32-39-19-9-7-10-20-39)75-60(89)48(76-61(49)90)33-40-21-11-8-12-22-40/h7-14,19-23,25,35,37,44-50,53-54,70H,5-6,15-18,24,26-34,36H2,1-4H3,(H2,65,84)(H,68,82)(H,71,85)(H,72,81)(H,73,88)(H,74,92)(H,75,89)(H,76,90)(H,77,86)(H,78,91)(H,79,87)(H4,66,67,69)/t44-,45-,46+,47-,48+,49+,50-,53-,54-/m0/s1. The monoisotopic (exact) mass is 1270 g/mol. The first kappa shape index (κ1) is 71.2. The summed E-state index contributed by atoms with van der Waals surface area (Å²) in [5.41, 5.74) is 18.9. The van der Waals surface area contributed by atoms with Gasteiger partial charge >= 0.3 is 0 Å². The number of nitrogens with zero attached hydrogens (tertiary/aromatic N) is 2. The van der Waals surface area contributed by atoms with Crippen molar-refractivity contribution in [2.75, 3.05) is 26.2 Å². The molecule has 2 aliphatic rings. The highest BCUT2D eigenvalue weighted by atomic mass is 16.2. The molecule has 0 unspecified atom stereocenters. The summed E-state index contributed by atoms with van der Waals surface area (Å²) in [6.07, 6.45) is 2.81. The van der Waals surface area contributed by atoms with Gasteiger partial charge in [-0.25, -0.2) is 0 Å². The molecule has 3 aromatic carbocycles. The number of likely N-dealkylation sites (tertiary alicyclic amines) is 1. The second-order valence-electron chi connectivity index (χ2n) is 23.4. The van der Waals surface area contributed by atoms with Crippen molar-refractivity contribution in [2.45, 2.75) is 166 Å². The average Bonchev–Trinajstić information content (AvgIpc) is 1.64. The predicted molar refractivity (Wildman–Crippen MR) is 341 cm³/mol. The minimum atomic E-state index is -1.64. The first-order valence-corrected chi connectivity index (χ1v) is 31.2. The summed E-state index contributed by atoms with van der Waals surface area (Å²) in [5.74, 6) is -9.85. The third-order valence-electron chi connectivity index (χ3n) is 15.9. The third kappa shape index (κ3) is 21.7. The molecule has 4 aromatic rings. The van der Waals surface area contributed by atoms with Crippen molar-refractivity contribution >= 4 is 87.7 Å². The van der Waals surface area contributed by atoms with E-state index in [0.29, 0.717) is 41.3 Å². The zero-order valence-corrected chi connectivity index (χ0v) is 52.5. The highest BCUT2D eigenvalue weighted by Crippen LogP contribution is 2.26. The normalized spacial score (nSPS) is 21.4. The Bertz CT molecular complexity index is 3270. The van der Waals surface area contributed by atoms with Gasteiger partial charge in [0.25, 0.3) is 0 Å². The Morgan fingerprint density at radius 1 is 0.685 bits per heavy atom. The molecule has 3 heterocycles. The maximum absolute atomic E-state index is 15.1. The van der Waals surface area contributed by atoms with Crippen molar-refractivity contribution in [1.29, 1.82) is 0 Å². The molecule has 2 aliphatic heterocycles. The molecule has 17 N–H and O–H groups in total. The van der Waals surface area contributed by atoms with Crippen LogP contribution in [0.4, 0.5) is 0 Å². The number of amides is 12. The van der Waals surface area contributed by atoms with Crippen molar-refractivity contribution in [3.05, 3.63) is 108 Å². The number of para-hydroxylation sites is 1. The maximum Gasteiger partial charge on any atom is 0.247 e. The maximum atomic E-state index is 15.1. The molecule has 0 saturated carbocycles. The number of aromatic nitrogens is 1. The molecular formula is C64H88N16O12. The van der Waals surface area contributed by atoms with Gasteiger partial charge in [-0.05, 0) is 74.5 Å². The Labute approximate surface area is 534 Å². The molecule has 12 amide bonds. The molecule has 9 atom stereocenters. The fraction of sp³-hybridized carbons (Fsp3) is 0.484. The second-order valence-corrected chi connectivity index (χ2v) is 23.4. The SMILES string of the molecule is CCCC[C@H](NC(C)=O)C(=O)N[C@@H]1CC(=O)NCCCC[C@@H](C(=O)NCC(=O)N2CCC[C@H]2C(=O)N[C@H](C(N)=O)C(C)C)NC(=O)[C@H](c2c[nH]c3ccccc23)NC(=O)[C@@H](CCCN=C(N)N)NC(=O)[C@H](Cc2ccccc2)NC(=O)[C@@H](Cc2ccccc2)NC1=O. The van der Waals surface area contributed by atoms with Crippen LogP contribution >= 0.6 is 0 Å². The van der Waals surface area contributed by atoms with Crippen LogP contribution in [0.1, 0.15) is 121 Å². The van der Waals surface area contributed by atoms with Gasteiger partial charge in [0, 0.05) is 62.1 Å². The molecule has 2 fully saturated rings. The fourth-order valence-corrected chi connectivity index (χ4v) is 11.0. The minimum absolute atomic E-state index is 0.00733. The molecule has 496 valence electrons. The number of fused-ring (bicyclic) bond motifs is 1. The first-order chi connectivity index (χ1) is 44.0. The van der Waals surface area contributed by atoms with Gasteiger partial charge in [-0.1, -0.05) is 112 Å². The van der Waals surface area contributed by atoms with Gasteiger partial charge in [0.15, 0.2) is 5.96 Å². The molecule has 0 spiro atoms. The second kappa shape index (κ2) is 35.5. The van der Waals surface area contributed by atoms with E-state index < -0.39 is 138 Å². The summed E-state index contributed by atoms with van der Waals surface area (Å²) in [4.78, 5) is 178. The molecule has 28 nitrogen and oxygen atoms in total. The molecular weight excluding hydrogens is 1180 g/mol. The average molecular weight is 1270 g/mol. The zero-order chi connectivity index (χ0) is 66.9. The first-order valence-electron chi connectivity index (χ1n) is 31.2. The predicted octanol–water partition coefficient (Wildman–Crippen LogP) is -0.593. The van der Waals surface area contributed by atoms with E-state index in [-0.39, 0.29) is 94.9 Å². The van der Waals surface area contributed by atoms with E-state index in [1.165, 1.54) is 18.0 Å². The summed E-state index contributed by atoms with van der Waals surface area (Å²) in [5, 5.41) is 27.6. The number of guanidine groups is 1. The lowest BCUT2D eigenvalue weighted by atomic mass is 10.0. The van der Waals surface area contributed by atoms with E-state index in [0.717, 1.165) is 0 Å². The van der Waals surface area contributed by atoms with Crippen LogP contribution in [0.25, 0.3) is 10.9 Å². The van der Waals surface area contributed by atoms with E-state index in [2.05, 4.69) is 63.1 Å². The lowest BCUT2D eigenvalue weighted by Crippen LogP contribution is -2.60. The summed E-state index contributed by atoms with van der Waals surface area (Å²) < 4.78 is 0. The zero-order valence-electron chi connectivity index (χ0n) is 52.5. The number of primary amides is 1. The van der Waals surface area contributed by atoms with E-state index >= 15 is 14.4 Å². The number of nitrogens with two attached hydrogens (primary N) is 3. The number of nitrogens with one attached hydrogen (secondary N) is 11. The third-order valence-corrected chi connectivity index (χ3v) is 15.9. The highest BCUT2D eigenvalue weighted by Gasteiger charge is 2.39. The van der Waals surface area contributed by atoms with Crippen LogP contribution in [0.2, 0.25) is 0 Å². The Morgan fingerprint density at radius 3 is 1.92 bits per heavy atom. The summed E-state index contributed by atoms with van der Waals surface area (Å²) in [6, 6.07) is 12.1. The van der Waals surface area contributed by atoms with Gasteiger partial charge in [0.1, 0.15) is 54.4 Å². The van der Waals surface area contributed by atoms with E-state index in [1.807, 2.05) is 6.92 Å². The van der Waals surface area contributed by atoms with Gasteiger partial charge in [0.2, 0.25) is 70.9 Å². The number of benzene rings is 3. The van der Waals surface area contributed by atoms with E-state index in [4.69, 9.17) is 17.2 Å². The summed E-state index contributed by atoms with van der Waals surface area (Å²) in [6.45, 7) is 6.03. The summed E-state index contributed by atoms with van der Waals surface area (Å²) in [7, 11) is 0. The number of hydrogen-bond acceptors (Lipinski definition) is 13. The highest BCUT2D eigenvalue weighted by molar-refractivity contribution is 6.01. The number of carbonyl (C=O) groups excluding carboxylic acids is 12. The Hall–Kier alpha value is -9.89. The number of H-pyrrole nitrogens is 1. The Kier molecular flexibility index (Phi) is 27.5. The smallest absolute Gasteiger partial charge is 0.247 e. The largest absolute Gasteiger partial charge is 0.370 e. The fourth-order valence-electron chi connectivity index (χ4n) is 11.0. The van der Waals surface area contributed by atoms with Crippen molar-refractivity contribution in [2.24, 2.45) is 28.1 Å². The number of aliphatic imine (C=N–C) groups is 1. The van der Waals surface area contributed by atoms with E-state index in [9.17, 15) is 43.2 Å². The molecule has 1 aromatic heterocycles.